The summed E-state index contributed by atoms with van der Waals surface area (Å²) in [6.07, 6.45) is 7.24. The van der Waals surface area contributed by atoms with E-state index in [2.05, 4.69) is 16.2 Å². The molecule has 1 unspecified atom stereocenters. The lowest BCUT2D eigenvalue weighted by molar-refractivity contribution is 0.0696. The van der Waals surface area contributed by atoms with Crippen LogP contribution in [-0.2, 0) is 5.41 Å². The first-order chi connectivity index (χ1) is 9.27. The zero-order valence-corrected chi connectivity index (χ0v) is 12.5. The Morgan fingerprint density at radius 3 is 2.60 bits per heavy atom. The van der Waals surface area contributed by atoms with Gasteiger partial charge in [0.25, 0.3) is 0 Å². The standard InChI is InChI=1S/C16H22N2O2/c1-6-8-12(7-2)17-14-10-11(15(19)20)9-13(18-14)16(3,4)5/h2,9-10,12H,6,8H2,1,3-5H3,(H,17,18)(H,19,20). The summed E-state index contributed by atoms with van der Waals surface area (Å²) in [7, 11) is 0. The van der Waals surface area contributed by atoms with E-state index in [9.17, 15) is 9.90 Å². The van der Waals surface area contributed by atoms with E-state index in [0.29, 0.717) is 5.82 Å². The zero-order valence-electron chi connectivity index (χ0n) is 12.5. The van der Waals surface area contributed by atoms with Crippen LogP contribution in [0.25, 0.3) is 0 Å². The molecule has 108 valence electrons. The fourth-order valence-corrected chi connectivity index (χ4v) is 1.78. The molecule has 4 nitrogen and oxygen atoms in total. The third-order valence-electron chi connectivity index (χ3n) is 2.94. The monoisotopic (exact) mass is 274 g/mol. The van der Waals surface area contributed by atoms with Crippen molar-refractivity contribution >= 4 is 11.8 Å². The van der Waals surface area contributed by atoms with Crippen LogP contribution < -0.4 is 5.32 Å². The number of pyridine rings is 1. The minimum atomic E-state index is -0.964. The maximum Gasteiger partial charge on any atom is 0.335 e. The number of rotatable bonds is 5. The summed E-state index contributed by atoms with van der Waals surface area (Å²) in [4.78, 5) is 15.7. The number of hydrogen-bond donors (Lipinski definition) is 2. The average molecular weight is 274 g/mol. The Morgan fingerprint density at radius 1 is 1.50 bits per heavy atom. The Kier molecular flexibility index (Phi) is 5.15. The van der Waals surface area contributed by atoms with Crippen LogP contribution in [0.5, 0.6) is 0 Å². The van der Waals surface area contributed by atoms with E-state index in [1.807, 2.05) is 27.7 Å². The van der Waals surface area contributed by atoms with Crippen LogP contribution in [0.15, 0.2) is 12.1 Å². The summed E-state index contributed by atoms with van der Waals surface area (Å²) < 4.78 is 0. The molecule has 1 rings (SSSR count). The Morgan fingerprint density at radius 2 is 2.15 bits per heavy atom. The van der Waals surface area contributed by atoms with Gasteiger partial charge in [-0.15, -0.1) is 6.42 Å². The van der Waals surface area contributed by atoms with Gasteiger partial charge < -0.3 is 10.4 Å². The van der Waals surface area contributed by atoms with Crippen LogP contribution in [0.3, 0.4) is 0 Å². The first kappa shape index (κ1) is 16.0. The van der Waals surface area contributed by atoms with Crippen LogP contribution >= 0.6 is 0 Å². The predicted molar refractivity (Wildman–Crippen MR) is 81.0 cm³/mol. The first-order valence-corrected chi connectivity index (χ1v) is 6.76. The van der Waals surface area contributed by atoms with Crippen molar-refractivity contribution in [2.75, 3.05) is 5.32 Å². The molecule has 1 aromatic rings. The molecule has 0 fully saturated rings. The molecule has 20 heavy (non-hydrogen) atoms. The molecule has 0 saturated carbocycles. The van der Waals surface area contributed by atoms with Crippen LogP contribution in [-0.4, -0.2) is 22.1 Å². The van der Waals surface area contributed by atoms with Gasteiger partial charge in [0.1, 0.15) is 5.82 Å². The highest BCUT2D eigenvalue weighted by molar-refractivity contribution is 5.88. The molecule has 0 bridgehead atoms. The molecule has 0 aromatic carbocycles. The number of carboxylic acids is 1. The van der Waals surface area contributed by atoms with E-state index in [4.69, 9.17) is 6.42 Å². The highest BCUT2D eigenvalue weighted by Crippen LogP contribution is 2.24. The van der Waals surface area contributed by atoms with Crippen molar-refractivity contribution in [3.63, 3.8) is 0 Å². The Labute approximate surface area is 120 Å². The fraction of sp³-hybridized carbons (Fsp3) is 0.500. The lowest BCUT2D eigenvalue weighted by Gasteiger charge is -2.21. The third-order valence-corrected chi connectivity index (χ3v) is 2.94. The topological polar surface area (TPSA) is 62.2 Å². The number of aromatic carboxylic acids is 1. The second kappa shape index (κ2) is 6.42. The number of hydrogen-bond acceptors (Lipinski definition) is 3. The third kappa shape index (κ3) is 4.27. The van der Waals surface area contributed by atoms with Gasteiger partial charge in [-0.1, -0.05) is 40.0 Å². The highest BCUT2D eigenvalue weighted by Gasteiger charge is 2.19. The Hall–Kier alpha value is -2.02. The number of carbonyl (C=O) groups is 1. The molecule has 1 aromatic heterocycles. The van der Waals surface area contributed by atoms with Crippen LogP contribution in [0.4, 0.5) is 5.82 Å². The van der Waals surface area contributed by atoms with E-state index in [1.165, 1.54) is 6.07 Å². The summed E-state index contributed by atoms with van der Waals surface area (Å²) in [6, 6.07) is 3.00. The second-order valence-electron chi connectivity index (χ2n) is 5.83. The number of nitrogens with zero attached hydrogens (tertiary/aromatic N) is 1. The van der Waals surface area contributed by atoms with Crippen LogP contribution in [0.2, 0.25) is 0 Å². The Bertz CT molecular complexity index is 524. The molecule has 0 aliphatic carbocycles. The maximum atomic E-state index is 11.2. The van der Waals surface area contributed by atoms with Crippen molar-refractivity contribution in [3.8, 4) is 12.3 Å². The lowest BCUT2D eigenvalue weighted by atomic mass is 9.90. The molecule has 0 aliphatic rings. The fourth-order valence-electron chi connectivity index (χ4n) is 1.78. The molecule has 1 heterocycles. The molecule has 0 radical (unpaired) electrons. The number of terminal acetylenes is 1. The summed E-state index contributed by atoms with van der Waals surface area (Å²) in [5.74, 6) is 2.22. The quantitative estimate of drug-likeness (QED) is 0.809. The summed E-state index contributed by atoms with van der Waals surface area (Å²) in [6.45, 7) is 8.04. The molecule has 0 amide bonds. The van der Waals surface area contributed by atoms with Gasteiger partial charge in [-0.25, -0.2) is 9.78 Å². The van der Waals surface area contributed by atoms with Gasteiger partial charge in [-0.3, -0.25) is 0 Å². The van der Waals surface area contributed by atoms with Crippen LogP contribution in [0.1, 0.15) is 56.6 Å². The van der Waals surface area contributed by atoms with Crippen molar-refractivity contribution in [2.45, 2.75) is 52.0 Å². The van der Waals surface area contributed by atoms with Crippen molar-refractivity contribution in [1.29, 1.82) is 0 Å². The summed E-state index contributed by atoms with van der Waals surface area (Å²) in [5.41, 5.74) is 0.727. The minimum Gasteiger partial charge on any atom is -0.478 e. The second-order valence-corrected chi connectivity index (χ2v) is 5.83. The van der Waals surface area contributed by atoms with Crippen molar-refractivity contribution < 1.29 is 9.90 Å². The van der Waals surface area contributed by atoms with Gasteiger partial charge in [-0.2, -0.15) is 0 Å². The van der Waals surface area contributed by atoms with Gasteiger partial charge >= 0.3 is 5.97 Å². The van der Waals surface area contributed by atoms with Gasteiger partial charge in [0.2, 0.25) is 0 Å². The minimum absolute atomic E-state index is 0.135. The van der Waals surface area contributed by atoms with E-state index < -0.39 is 5.97 Å². The SMILES string of the molecule is C#CC(CCC)Nc1cc(C(=O)O)cc(C(C)(C)C)n1. The first-order valence-electron chi connectivity index (χ1n) is 6.76. The summed E-state index contributed by atoms with van der Waals surface area (Å²) >= 11 is 0. The van der Waals surface area contributed by atoms with Gasteiger partial charge in [0.15, 0.2) is 0 Å². The maximum absolute atomic E-state index is 11.2. The largest absolute Gasteiger partial charge is 0.478 e. The van der Waals surface area contributed by atoms with E-state index in [-0.39, 0.29) is 17.0 Å². The average Bonchev–Trinajstić information content (AvgIpc) is 2.36. The van der Waals surface area contributed by atoms with Crippen molar-refractivity contribution in [3.05, 3.63) is 23.4 Å². The molecule has 2 N–H and O–H groups in total. The smallest absolute Gasteiger partial charge is 0.335 e. The molecule has 0 aliphatic heterocycles. The number of nitrogens with one attached hydrogen (secondary N) is 1. The predicted octanol–water partition coefficient (Wildman–Crippen LogP) is 3.29. The molecule has 4 heteroatoms. The molecule has 0 saturated heterocycles. The Balaban J connectivity index is 3.16. The lowest BCUT2D eigenvalue weighted by Crippen LogP contribution is -2.21. The van der Waals surface area contributed by atoms with Gasteiger partial charge in [0, 0.05) is 11.1 Å². The van der Waals surface area contributed by atoms with Gasteiger partial charge in [0.05, 0.1) is 11.6 Å². The van der Waals surface area contributed by atoms with Crippen LogP contribution in [0, 0.1) is 12.3 Å². The number of anilines is 1. The highest BCUT2D eigenvalue weighted by atomic mass is 16.4. The van der Waals surface area contributed by atoms with E-state index in [1.54, 1.807) is 6.07 Å². The number of aromatic nitrogens is 1. The molecular weight excluding hydrogens is 252 g/mol. The van der Waals surface area contributed by atoms with Crippen molar-refractivity contribution in [1.82, 2.24) is 4.98 Å². The van der Waals surface area contributed by atoms with Gasteiger partial charge in [-0.05, 0) is 18.6 Å². The normalized spacial score (nSPS) is 12.6. The summed E-state index contributed by atoms with van der Waals surface area (Å²) in [5, 5.41) is 12.3. The molecule has 0 spiro atoms. The van der Waals surface area contributed by atoms with Crippen molar-refractivity contribution in [2.24, 2.45) is 0 Å². The molecule has 1 atom stereocenters. The zero-order chi connectivity index (χ0) is 15.3. The number of carboxylic acid groups (broad SMARTS) is 1. The van der Waals surface area contributed by atoms with E-state index >= 15 is 0 Å². The molecular formula is C16H22N2O2. The van der Waals surface area contributed by atoms with E-state index in [0.717, 1.165) is 18.5 Å².